The van der Waals surface area contributed by atoms with Gasteiger partial charge in [-0.25, -0.2) is 0 Å². The topological polar surface area (TPSA) is 97.6 Å². The van der Waals surface area contributed by atoms with E-state index in [0.29, 0.717) is 11.4 Å². The Labute approximate surface area is 174 Å². The van der Waals surface area contributed by atoms with Gasteiger partial charge in [0.05, 0.1) is 12.7 Å². The molecular formula is C23H24N2O5. The van der Waals surface area contributed by atoms with Crippen LogP contribution < -0.4 is 10.6 Å². The van der Waals surface area contributed by atoms with Crippen molar-refractivity contribution in [3.63, 3.8) is 0 Å². The highest BCUT2D eigenvalue weighted by Gasteiger charge is 2.19. The van der Waals surface area contributed by atoms with Gasteiger partial charge in [0.1, 0.15) is 5.58 Å². The van der Waals surface area contributed by atoms with Gasteiger partial charge in [0.25, 0.3) is 5.91 Å². The van der Waals surface area contributed by atoms with Crippen molar-refractivity contribution in [2.75, 3.05) is 10.6 Å². The molecule has 0 unspecified atom stereocenters. The molecule has 156 valence electrons. The van der Waals surface area contributed by atoms with Gasteiger partial charge >= 0.3 is 5.97 Å². The van der Waals surface area contributed by atoms with Gasteiger partial charge in [-0.05, 0) is 49.2 Å². The second-order valence-electron chi connectivity index (χ2n) is 7.00. The highest BCUT2D eigenvalue weighted by Crippen LogP contribution is 2.23. The van der Waals surface area contributed by atoms with Crippen LogP contribution in [0, 0.1) is 0 Å². The first-order valence-corrected chi connectivity index (χ1v) is 9.72. The third-order valence-electron chi connectivity index (χ3n) is 4.61. The molecule has 1 aromatic heterocycles. The van der Waals surface area contributed by atoms with Crippen LogP contribution in [0.5, 0.6) is 0 Å². The summed E-state index contributed by atoms with van der Waals surface area (Å²) in [4.78, 5) is 35.7. The van der Waals surface area contributed by atoms with Crippen LogP contribution in [-0.4, -0.2) is 23.9 Å². The molecule has 0 aliphatic heterocycles. The number of nitrogens with one attached hydrogen (secondary N) is 2. The van der Waals surface area contributed by atoms with E-state index in [1.165, 1.54) is 13.8 Å². The van der Waals surface area contributed by atoms with Crippen LogP contribution >= 0.6 is 0 Å². The van der Waals surface area contributed by atoms with Crippen molar-refractivity contribution in [2.24, 2.45) is 0 Å². The van der Waals surface area contributed by atoms with Crippen LogP contribution in [-0.2, 0) is 32.0 Å². The number of amides is 2. The van der Waals surface area contributed by atoms with Gasteiger partial charge in [0.15, 0.2) is 6.10 Å². The van der Waals surface area contributed by atoms with Gasteiger partial charge in [0.2, 0.25) is 5.91 Å². The quantitative estimate of drug-likeness (QED) is 0.575. The van der Waals surface area contributed by atoms with Crippen molar-refractivity contribution in [3.8, 4) is 0 Å². The molecule has 0 spiro atoms. The van der Waals surface area contributed by atoms with Gasteiger partial charge < -0.3 is 19.8 Å². The maximum Gasteiger partial charge on any atom is 0.311 e. The molecule has 1 heterocycles. The number of hydrogen-bond donors (Lipinski definition) is 2. The van der Waals surface area contributed by atoms with E-state index in [2.05, 4.69) is 17.6 Å². The number of carbonyl (C=O) groups excluding carboxylic acids is 3. The number of carbonyl (C=O) groups is 3. The van der Waals surface area contributed by atoms with E-state index in [-0.39, 0.29) is 12.3 Å². The average molecular weight is 408 g/mol. The monoisotopic (exact) mass is 408 g/mol. The zero-order valence-electron chi connectivity index (χ0n) is 17.2. The van der Waals surface area contributed by atoms with Crippen molar-refractivity contribution >= 4 is 40.1 Å². The molecule has 1 atom stereocenters. The fraction of sp³-hybridized carbons (Fsp3) is 0.261. The Morgan fingerprint density at radius 2 is 1.70 bits per heavy atom. The summed E-state index contributed by atoms with van der Waals surface area (Å²) in [6, 6.07) is 12.5. The van der Waals surface area contributed by atoms with E-state index in [4.69, 9.17) is 9.15 Å². The SMILES string of the molecule is CCc1ccc2c(CC(=O)O[C@@H](C)C(=O)Nc3ccc(NC(C)=O)cc3)coc2c1. The number of rotatable bonds is 7. The fourth-order valence-electron chi connectivity index (χ4n) is 3.02. The highest BCUT2D eigenvalue weighted by molar-refractivity contribution is 5.96. The maximum absolute atomic E-state index is 12.3. The summed E-state index contributed by atoms with van der Waals surface area (Å²) in [6.45, 7) is 4.99. The minimum atomic E-state index is -0.961. The Kier molecular flexibility index (Phi) is 6.51. The first-order chi connectivity index (χ1) is 14.4. The molecule has 3 rings (SSSR count). The molecule has 0 fully saturated rings. The summed E-state index contributed by atoms with van der Waals surface area (Å²) in [5, 5.41) is 6.19. The van der Waals surface area contributed by atoms with Crippen molar-refractivity contribution in [2.45, 2.75) is 39.7 Å². The number of furan rings is 1. The molecular weight excluding hydrogens is 384 g/mol. The van der Waals surface area contributed by atoms with Crippen molar-refractivity contribution in [1.82, 2.24) is 0 Å². The first kappa shape index (κ1) is 21.1. The van der Waals surface area contributed by atoms with E-state index in [0.717, 1.165) is 28.5 Å². The van der Waals surface area contributed by atoms with Crippen molar-refractivity contribution in [3.05, 3.63) is 59.9 Å². The molecule has 0 aliphatic carbocycles. The molecule has 0 radical (unpaired) electrons. The van der Waals surface area contributed by atoms with E-state index in [1.54, 1.807) is 30.5 Å². The molecule has 2 N–H and O–H groups in total. The third kappa shape index (κ3) is 5.26. The van der Waals surface area contributed by atoms with Crippen LogP contribution in [0.3, 0.4) is 0 Å². The Hall–Kier alpha value is -3.61. The van der Waals surface area contributed by atoms with E-state index in [1.807, 2.05) is 18.2 Å². The Morgan fingerprint density at radius 1 is 1.03 bits per heavy atom. The number of aryl methyl sites for hydroxylation is 1. The molecule has 0 bridgehead atoms. The second kappa shape index (κ2) is 9.26. The lowest BCUT2D eigenvalue weighted by Gasteiger charge is -2.13. The zero-order chi connectivity index (χ0) is 21.7. The van der Waals surface area contributed by atoms with Crippen LogP contribution in [0.1, 0.15) is 31.9 Å². The molecule has 7 heteroatoms. The summed E-state index contributed by atoms with van der Waals surface area (Å²) in [5.74, 6) is -1.13. The first-order valence-electron chi connectivity index (χ1n) is 9.72. The van der Waals surface area contributed by atoms with E-state index >= 15 is 0 Å². The lowest BCUT2D eigenvalue weighted by molar-refractivity contribution is -0.152. The lowest BCUT2D eigenvalue weighted by atomic mass is 10.1. The summed E-state index contributed by atoms with van der Waals surface area (Å²) in [7, 11) is 0. The van der Waals surface area contributed by atoms with Gasteiger partial charge in [0, 0.05) is 29.2 Å². The van der Waals surface area contributed by atoms with Gasteiger partial charge in [-0.15, -0.1) is 0 Å². The average Bonchev–Trinajstić information content (AvgIpc) is 3.10. The molecule has 0 saturated heterocycles. The molecule has 0 aliphatic rings. The summed E-state index contributed by atoms with van der Waals surface area (Å²) < 4.78 is 10.8. The minimum absolute atomic E-state index is 0.0154. The minimum Gasteiger partial charge on any atom is -0.464 e. The Morgan fingerprint density at radius 3 is 2.33 bits per heavy atom. The molecule has 2 aromatic carbocycles. The smallest absolute Gasteiger partial charge is 0.311 e. The molecule has 7 nitrogen and oxygen atoms in total. The third-order valence-corrected chi connectivity index (χ3v) is 4.61. The number of hydrogen-bond acceptors (Lipinski definition) is 5. The second-order valence-corrected chi connectivity index (χ2v) is 7.00. The number of ether oxygens (including phenoxy) is 1. The number of anilines is 2. The number of esters is 1. The predicted molar refractivity (Wildman–Crippen MR) is 114 cm³/mol. The molecule has 3 aromatic rings. The van der Waals surface area contributed by atoms with Gasteiger partial charge in [-0.1, -0.05) is 19.1 Å². The summed E-state index contributed by atoms with van der Waals surface area (Å²) >= 11 is 0. The fourth-order valence-corrected chi connectivity index (χ4v) is 3.02. The molecule has 0 saturated carbocycles. The van der Waals surface area contributed by atoms with Crippen LogP contribution in [0.15, 0.2) is 53.1 Å². The summed E-state index contributed by atoms with van der Waals surface area (Å²) in [6.07, 6.45) is 1.50. The normalized spacial score (nSPS) is 11.7. The maximum atomic E-state index is 12.3. The Bertz CT molecular complexity index is 1070. The van der Waals surface area contributed by atoms with Crippen molar-refractivity contribution < 1.29 is 23.5 Å². The molecule has 30 heavy (non-hydrogen) atoms. The van der Waals surface area contributed by atoms with Crippen LogP contribution in [0.2, 0.25) is 0 Å². The molecule has 2 amide bonds. The van der Waals surface area contributed by atoms with Crippen LogP contribution in [0.4, 0.5) is 11.4 Å². The number of benzene rings is 2. The standard InChI is InChI=1S/C23H24N2O5/c1-4-16-5-10-20-17(13-29-21(20)11-16)12-22(27)30-14(2)23(28)25-19-8-6-18(7-9-19)24-15(3)26/h5-11,13-14H,4,12H2,1-3H3,(H,24,26)(H,25,28)/t14-/m0/s1. The zero-order valence-corrected chi connectivity index (χ0v) is 17.2. The van der Waals surface area contributed by atoms with Gasteiger partial charge in [-0.3, -0.25) is 14.4 Å². The van der Waals surface area contributed by atoms with Crippen LogP contribution in [0.25, 0.3) is 11.0 Å². The summed E-state index contributed by atoms with van der Waals surface area (Å²) in [5.41, 5.74) is 3.76. The lowest BCUT2D eigenvalue weighted by Crippen LogP contribution is -2.30. The van der Waals surface area contributed by atoms with E-state index < -0.39 is 18.0 Å². The Balaban J connectivity index is 1.56. The largest absolute Gasteiger partial charge is 0.464 e. The predicted octanol–water partition coefficient (Wildman–Crippen LogP) is 4.07. The van der Waals surface area contributed by atoms with Crippen molar-refractivity contribution in [1.29, 1.82) is 0 Å². The van der Waals surface area contributed by atoms with E-state index in [9.17, 15) is 14.4 Å². The van der Waals surface area contributed by atoms with Gasteiger partial charge in [-0.2, -0.15) is 0 Å². The number of fused-ring (bicyclic) bond motifs is 1. The highest BCUT2D eigenvalue weighted by atomic mass is 16.5.